The van der Waals surface area contributed by atoms with E-state index in [-0.39, 0.29) is 0 Å². The summed E-state index contributed by atoms with van der Waals surface area (Å²) >= 11 is 6.51. The first-order valence-corrected chi connectivity index (χ1v) is 4.61. The maximum absolute atomic E-state index is 12.6. The molecule has 0 fully saturated rings. The third-order valence-electron chi connectivity index (χ3n) is 1.25. The predicted octanol–water partition coefficient (Wildman–Crippen LogP) is 4.06. The molecule has 1 unspecified atom stereocenters. The zero-order chi connectivity index (χ0) is 8.43. The van der Waals surface area contributed by atoms with Gasteiger partial charge in [0.15, 0.2) is 0 Å². The molecular formula is C8H6Br2F. The highest BCUT2D eigenvalue weighted by atomic mass is 79.9. The molecule has 0 amide bonds. The maximum atomic E-state index is 12.6. The maximum Gasteiger partial charge on any atom is 0.125 e. The minimum atomic E-state index is -1.16. The zero-order valence-corrected chi connectivity index (χ0v) is 8.82. The van der Waals surface area contributed by atoms with Gasteiger partial charge in [-0.2, -0.15) is 0 Å². The van der Waals surface area contributed by atoms with Gasteiger partial charge in [-0.3, -0.25) is 0 Å². The van der Waals surface area contributed by atoms with Crippen molar-refractivity contribution in [1.82, 2.24) is 0 Å². The van der Waals surface area contributed by atoms with Gasteiger partial charge in [-0.05, 0) is 30.7 Å². The molecule has 0 nitrogen and oxygen atoms in total. The Morgan fingerprint density at radius 2 is 1.64 bits per heavy atom. The molecule has 0 N–H and O–H groups in total. The van der Waals surface area contributed by atoms with Gasteiger partial charge < -0.3 is 0 Å². The standard InChI is InChI=1S/C8H6Br2F/c1-5(11)6-2-7(9)4-8(10)3-6/h2-5H,1H2. The van der Waals surface area contributed by atoms with Gasteiger partial charge in [-0.25, -0.2) is 4.39 Å². The summed E-state index contributed by atoms with van der Waals surface area (Å²) in [4.78, 5) is 0. The fourth-order valence-corrected chi connectivity index (χ4v) is 2.09. The zero-order valence-electron chi connectivity index (χ0n) is 5.65. The van der Waals surface area contributed by atoms with Crippen LogP contribution in [0.5, 0.6) is 0 Å². The first-order chi connectivity index (χ1) is 5.09. The van der Waals surface area contributed by atoms with E-state index in [1.54, 1.807) is 12.1 Å². The second kappa shape index (κ2) is 3.68. The van der Waals surface area contributed by atoms with Crippen LogP contribution in [-0.4, -0.2) is 0 Å². The number of benzene rings is 1. The third-order valence-corrected chi connectivity index (χ3v) is 2.16. The van der Waals surface area contributed by atoms with Crippen LogP contribution in [0.3, 0.4) is 0 Å². The molecule has 11 heavy (non-hydrogen) atoms. The van der Waals surface area contributed by atoms with E-state index in [4.69, 9.17) is 0 Å². The first-order valence-electron chi connectivity index (χ1n) is 3.03. The van der Waals surface area contributed by atoms with Crippen molar-refractivity contribution in [3.05, 3.63) is 39.6 Å². The van der Waals surface area contributed by atoms with Crippen LogP contribution < -0.4 is 0 Å². The van der Waals surface area contributed by atoms with Crippen LogP contribution in [-0.2, 0) is 0 Å². The molecule has 0 saturated carbocycles. The molecule has 0 heterocycles. The Bertz CT molecular complexity index is 238. The van der Waals surface area contributed by atoms with Gasteiger partial charge in [0.1, 0.15) is 6.17 Å². The lowest BCUT2D eigenvalue weighted by molar-refractivity contribution is 0.411. The molecule has 1 radical (unpaired) electrons. The third kappa shape index (κ3) is 2.56. The molecular weight excluding hydrogens is 275 g/mol. The molecule has 0 aliphatic carbocycles. The lowest BCUT2D eigenvalue weighted by Gasteiger charge is -2.02. The average molecular weight is 281 g/mol. The molecule has 1 aromatic rings. The van der Waals surface area contributed by atoms with E-state index in [0.717, 1.165) is 8.95 Å². The van der Waals surface area contributed by atoms with Crippen molar-refractivity contribution >= 4 is 31.9 Å². The van der Waals surface area contributed by atoms with Crippen LogP contribution in [0.1, 0.15) is 11.7 Å². The van der Waals surface area contributed by atoms with Crippen molar-refractivity contribution in [2.24, 2.45) is 0 Å². The van der Waals surface area contributed by atoms with E-state index in [1.807, 2.05) is 6.07 Å². The number of halogens is 3. The van der Waals surface area contributed by atoms with Crippen LogP contribution >= 0.6 is 31.9 Å². The van der Waals surface area contributed by atoms with E-state index >= 15 is 0 Å². The van der Waals surface area contributed by atoms with Crippen molar-refractivity contribution in [3.63, 3.8) is 0 Å². The van der Waals surface area contributed by atoms with Gasteiger partial charge >= 0.3 is 0 Å². The first kappa shape index (κ1) is 9.20. The van der Waals surface area contributed by atoms with E-state index in [1.165, 1.54) is 0 Å². The van der Waals surface area contributed by atoms with Gasteiger partial charge in [0, 0.05) is 8.95 Å². The van der Waals surface area contributed by atoms with Crippen molar-refractivity contribution in [1.29, 1.82) is 0 Å². The van der Waals surface area contributed by atoms with Crippen molar-refractivity contribution in [2.75, 3.05) is 0 Å². The SMILES string of the molecule is [CH2]C(F)c1cc(Br)cc(Br)c1. The quantitative estimate of drug-likeness (QED) is 0.728. The lowest BCUT2D eigenvalue weighted by Crippen LogP contribution is -1.85. The largest absolute Gasteiger partial charge is 0.242 e. The number of rotatable bonds is 1. The minimum absolute atomic E-state index is 0.575. The van der Waals surface area contributed by atoms with Crippen LogP contribution in [0.2, 0.25) is 0 Å². The summed E-state index contributed by atoms with van der Waals surface area (Å²) in [6, 6.07) is 5.27. The monoisotopic (exact) mass is 279 g/mol. The molecule has 0 saturated heterocycles. The highest BCUT2D eigenvalue weighted by molar-refractivity contribution is 9.11. The van der Waals surface area contributed by atoms with E-state index in [9.17, 15) is 4.39 Å². The summed E-state index contributed by atoms with van der Waals surface area (Å²) < 4.78 is 14.4. The summed E-state index contributed by atoms with van der Waals surface area (Å²) in [7, 11) is 0. The molecule has 3 heteroatoms. The molecule has 0 aliphatic rings. The Balaban J connectivity index is 3.08. The van der Waals surface area contributed by atoms with Gasteiger partial charge in [0.05, 0.1) is 0 Å². The Labute approximate surface area is 82.1 Å². The summed E-state index contributed by atoms with van der Waals surface area (Å²) in [5.41, 5.74) is 0.575. The molecule has 1 atom stereocenters. The van der Waals surface area contributed by atoms with E-state index < -0.39 is 6.17 Å². The molecule has 1 aromatic carbocycles. The fraction of sp³-hybridized carbons (Fsp3) is 0.125. The lowest BCUT2D eigenvalue weighted by atomic mass is 10.1. The Morgan fingerprint density at radius 3 is 2.00 bits per heavy atom. The molecule has 1 rings (SSSR count). The minimum Gasteiger partial charge on any atom is -0.242 e. The van der Waals surface area contributed by atoms with Gasteiger partial charge in [0.2, 0.25) is 0 Å². The number of hydrogen-bond acceptors (Lipinski definition) is 0. The average Bonchev–Trinajstić information content (AvgIpc) is 1.85. The van der Waals surface area contributed by atoms with Gasteiger partial charge in [-0.1, -0.05) is 31.9 Å². The summed E-state index contributed by atoms with van der Waals surface area (Å²) in [6.45, 7) is 3.28. The van der Waals surface area contributed by atoms with Gasteiger partial charge in [-0.15, -0.1) is 0 Å². The summed E-state index contributed by atoms with van der Waals surface area (Å²) in [6.07, 6.45) is -1.16. The predicted molar refractivity (Wildman–Crippen MR) is 51.0 cm³/mol. The second-order valence-electron chi connectivity index (χ2n) is 2.17. The van der Waals surface area contributed by atoms with Crippen LogP contribution in [0.25, 0.3) is 0 Å². The Morgan fingerprint density at radius 1 is 1.18 bits per heavy atom. The number of hydrogen-bond donors (Lipinski definition) is 0. The van der Waals surface area contributed by atoms with Crippen molar-refractivity contribution in [3.8, 4) is 0 Å². The smallest absolute Gasteiger partial charge is 0.125 e. The summed E-state index contributed by atoms with van der Waals surface area (Å²) in [5, 5.41) is 0. The summed E-state index contributed by atoms with van der Waals surface area (Å²) in [5.74, 6) is 0. The highest BCUT2D eigenvalue weighted by Gasteiger charge is 2.04. The van der Waals surface area contributed by atoms with E-state index in [0.29, 0.717) is 5.56 Å². The highest BCUT2D eigenvalue weighted by Crippen LogP contribution is 2.25. The Kier molecular flexibility index (Phi) is 3.07. The fourth-order valence-electron chi connectivity index (χ4n) is 0.756. The van der Waals surface area contributed by atoms with Crippen molar-refractivity contribution in [2.45, 2.75) is 6.17 Å². The molecule has 59 valence electrons. The number of alkyl halides is 1. The molecule has 0 aliphatic heterocycles. The van der Waals surface area contributed by atoms with Gasteiger partial charge in [0.25, 0.3) is 0 Å². The van der Waals surface area contributed by atoms with E-state index in [2.05, 4.69) is 38.8 Å². The topological polar surface area (TPSA) is 0 Å². The molecule has 0 bridgehead atoms. The second-order valence-corrected chi connectivity index (χ2v) is 4.00. The van der Waals surface area contributed by atoms with Crippen LogP contribution in [0.15, 0.2) is 27.1 Å². The van der Waals surface area contributed by atoms with Crippen LogP contribution in [0.4, 0.5) is 4.39 Å². The molecule has 0 spiro atoms. The Hall–Kier alpha value is 0.110. The normalized spacial score (nSPS) is 13.1. The van der Waals surface area contributed by atoms with Crippen LogP contribution in [0, 0.1) is 6.92 Å². The van der Waals surface area contributed by atoms with Crippen molar-refractivity contribution < 1.29 is 4.39 Å². The molecule has 0 aromatic heterocycles.